The Morgan fingerprint density at radius 2 is 1.76 bits per heavy atom. The molecule has 7 heteroatoms. The lowest BCUT2D eigenvalue weighted by molar-refractivity contribution is -0.115. The lowest BCUT2D eigenvalue weighted by atomic mass is 10.0. The van der Waals surface area contributed by atoms with Gasteiger partial charge in [0.1, 0.15) is 0 Å². The van der Waals surface area contributed by atoms with Gasteiger partial charge in [-0.3, -0.25) is 14.2 Å². The Balaban J connectivity index is 1.73. The predicted octanol–water partition coefficient (Wildman–Crippen LogP) is 4.21. The van der Waals surface area contributed by atoms with E-state index < -0.39 is 5.91 Å². The van der Waals surface area contributed by atoms with Gasteiger partial charge in [0.25, 0.3) is 0 Å². The molecule has 0 saturated heterocycles. The van der Waals surface area contributed by atoms with Crippen LogP contribution in [0.4, 0.5) is 5.69 Å². The van der Waals surface area contributed by atoms with Gasteiger partial charge in [0.05, 0.1) is 10.9 Å². The minimum Gasteiger partial charge on any atom is -0.366 e. The van der Waals surface area contributed by atoms with E-state index >= 15 is 0 Å². The van der Waals surface area contributed by atoms with Crippen LogP contribution in [0.2, 0.25) is 0 Å². The first-order chi connectivity index (χ1) is 13.9. The minimum absolute atomic E-state index is 0.145. The van der Waals surface area contributed by atoms with Crippen LogP contribution >= 0.6 is 11.8 Å². The van der Waals surface area contributed by atoms with E-state index in [1.807, 2.05) is 29.8 Å². The van der Waals surface area contributed by atoms with Crippen LogP contribution in [0.25, 0.3) is 5.69 Å². The summed E-state index contributed by atoms with van der Waals surface area (Å²) in [5.74, 6) is -0.274. The molecule has 3 N–H and O–H groups in total. The van der Waals surface area contributed by atoms with E-state index in [1.165, 1.54) is 17.3 Å². The molecule has 0 aliphatic rings. The lowest BCUT2D eigenvalue weighted by Gasteiger charge is -2.17. The van der Waals surface area contributed by atoms with Crippen LogP contribution in [0.5, 0.6) is 0 Å². The number of carbonyl (C=O) groups excluding carboxylic acids is 2. The molecule has 0 fully saturated rings. The molecule has 0 aliphatic carbocycles. The Hall–Kier alpha value is -3.06. The zero-order valence-corrected chi connectivity index (χ0v) is 17.4. The van der Waals surface area contributed by atoms with Crippen molar-refractivity contribution in [2.45, 2.75) is 37.1 Å². The molecule has 0 saturated carbocycles. The first-order valence-electron chi connectivity index (χ1n) is 9.37. The van der Waals surface area contributed by atoms with E-state index in [-0.39, 0.29) is 11.2 Å². The average Bonchev–Trinajstić information content (AvgIpc) is 3.16. The van der Waals surface area contributed by atoms with Gasteiger partial charge in [-0.15, -0.1) is 0 Å². The van der Waals surface area contributed by atoms with Gasteiger partial charge in [0, 0.05) is 23.6 Å². The Morgan fingerprint density at radius 1 is 1.07 bits per heavy atom. The summed E-state index contributed by atoms with van der Waals surface area (Å²) in [6.07, 6.45) is 3.66. The third-order valence-electron chi connectivity index (χ3n) is 4.51. The number of amides is 2. The maximum atomic E-state index is 12.6. The normalized spacial score (nSPS) is 12.0. The molecule has 29 heavy (non-hydrogen) atoms. The van der Waals surface area contributed by atoms with Crippen LogP contribution < -0.4 is 11.1 Å². The van der Waals surface area contributed by atoms with Gasteiger partial charge in [-0.2, -0.15) is 0 Å². The van der Waals surface area contributed by atoms with Crippen molar-refractivity contribution in [2.24, 2.45) is 5.73 Å². The molecule has 3 aromatic rings. The number of thioether (sulfide) groups is 1. The summed E-state index contributed by atoms with van der Waals surface area (Å²) in [6, 6.07) is 14.7. The van der Waals surface area contributed by atoms with Gasteiger partial charge in [-0.25, -0.2) is 4.98 Å². The van der Waals surface area contributed by atoms with Gasteiger partial charge >= 0.3 is 0 Å². The fraction of sp³-hybridized carbons (Fsp3) is 0.227. The second kappa shape index (κ2) is 8.96. The van der Waals surface area contributed by atoms with Crippen molar-refractivity contribution in [2.75, 3.05) is 5.32 Å². The van der Waals surface area contributed by atoms with Crippen LogP contribution in [0, 0.1) is 0 Å². The van der Waals surface area contributed by atoms with Gasteiger partial charge in [-0.05, 0) is 48.7 Å². The largest absolute Gasteiger partial charge is 0.366 e. The van der Waals surface area contributed by atoms with E-state index in [4.69, 9.17) is 5.73 Å². The summed E-state index contributed by atoms with van der Waals surface area (Å²) in [5, 5.41) is 3.25. The number of benzene rings is 2. The zero-order valence-electron chi connectivity index (χ0n) is 16.6. The summed E-state index contributed by atoms with van der Waals surface area (Å²) in [4.78, 5) is 28.2. The molecule has 0 spiro atoms. The highest BCUT2D eigenvalue weighted by atomic mass is 32.2. The summed E-state index contributed by atoms with van der Waals surface area (Å²) in [5.41, 5.74) is 8.54. The van der Waals surface area contributed by atoms with Crippen molar-refractivity contribution in [3.8, 4) is 5.69 Å². The molecule has 1 heterocycles. The summed E-state index contributed by atoms with van der Waals surface area (Å²) in [6.45, 7) is 6.15. The number of anilines is 1. The smallest absolute Gasteiger partial charge is 0.248 e. The van der Waals surface area contributed by atoms with E-state index in [0.717, 1.165) is 10.8 Å². The lowest BCUT2D eigenvalue weighted by Crippen LogP contribution is -2.23. The number of nitrogens with one attached hydrogen (secondary N) is 1. The molecular formula is C22H24N4O2S. The maximum Gasteiger partial charge on any atom is 0.248 e. The second-order valence-corrected chi connectivity index (χ2v) is 8.29. The number of aromatic nitrogens is 2. The van der Waals surface area contributed by atoms with E-state index in [0.29, 0.717) is 17.2 Å². The number of imidazole rings is 1. The number of nitrogens with two attached hydrogens (primary N) is 1. The highest BCUT2D eigenvalue weighted by molar-refractivity contribution is 8.00. The van der Waals surface area contributed by atoms with Crippen molar-refractivity contribution >= 4 is 29.3 Å². The fourth-order valence-corrected chi connectivity index (χ4v) is 3.81. The third-order valence-corrected chi connectivity index (χ3v) is 5.59. The second-order valence-electron chi connectivity index (χ2n) is 6.98. The average molecular weight is 409 g/mol. The number of primary amides is 1. The van der Waals surface area contributed by atoms with Crippen LogP contribution in [0.1, 0.15) is 42.6 Å². The van der Waals surface area contributed by atoms with Crippen molar-refractivity contribution in [1.29, 1.82) is 0 Å². The fourth-order valence-electron chi connectivity index (χ4n) is 2.93. The molecule has 2 aromatic carbocycles. The molecule has 0 aliphatic heterocycles. The zero-order chi connectivity index (χ0) is 21.0. The van der Waals surface area contributed by atoms with Gasteiger partial charge < -0.3 is 11.1 Å². The highest BCUT2D eigenvalue weighted by Crippen LogP contribution is 2.29. The minimum atomic E-state index is -0.500. The summed E-state index contributed by atoms with van der Waals surface area (Å²) < 4.78 is 2.02. The molecule has 0 bridgehead atoms. The van der Waals surface area contributed by atoms with Crippen molar-refractivity contribution in [3.05, 3.63) is 72.1 Å². The summed E-state index contributed by atoms with van der Waals surface area (Å²) in [7, 11) is 0. The first-order valence-corrected chi connectivity index (χ1v) is 10.2. The molecule has 3 rings (SSSR count). The Kier molecular flexibility index (Phi) is 6.39. The molecule has 1 aromatic heterocycles. The molecule has 150 valence electrons. The first kappa shape index (κ1) is 20.7. The van der Waals surface area contributed by atoms with Crippen LogP contribution in [0.15, 0.2) is 66.1 Å². The molecular weight excluding hydrogens is 384 g/mol. The number of rotatable bonds is 7. The predicted molar refractivity (Wildman–Crippen MR) is 117 cm³/mol. The Bertz CT molecular complexity index is 1010. The van der Waals surface area contributed by atoms with E-state index in [2.05, 4.69) is 36.3 Å². The number of para-hydroxylation sites is 1. The van der Waals surface area contributed by atoms with Crippen molar-refractivity contribution in [3.63, 3.8) is 0 Å². The van der Waals surface area contributed by atoms with Gasteiger partial charge in [0.2, 0.25) is 11.8 Å². The van der Waals surface area contributed by atoms with Gasteiger partial charge in [0.15, 0.2) is 5.16 Å². The van der Waals surface area contributed by atoms with Crippen molar-refractivity contribution in [1.82, 2.24) is 9.55 Å². The number of hydrogen-bond donors (Lipinski definition) is 2. The number of hydrogen-bond acceptors (Lipinski definition) is 4. The number of nitrogens with zero attached hydrogens (tertiary/aromatic N) is 2. The Morgan fingerprint density at radius 3 is 2.41 bits per heavy atom. The molecule has 0 radical (unpaired) electrons. The SMILES string of the molecule is CC(Sc1nccn1-c1ccccc1C(C)C)C(=O)Nc1ccc(C(N)=O)cc1. The van der Waals surface area contributed by atoms with Crippen LogP contribution in [-0.4, -0.2) is 26.6 Å². The summed E-state index contributed by atoms with van der Waals surface area (Å²) >= 11 is 1.39. The van der Waals surface area contributed by atoms with Crippen LogP contribution in [-0.2, 0) is 4.79 Å². The van der Waals surface area contributed by atoms with Crippen molar-refractivity contribution < 1.29 is 9.59 Å². The monoisotopic (exact) mass is 408 g/mol. The van der Waals surface area contributed by atoms with E-state index in [1.54, 1.807) is 30.5 Å². The van der Waals surface area contributed by atoms with Crippen LogP contribution in [0.3, 0.4) is 0 Å². The highest BCUT2D eigenvalue weighted by Gasteiger charge is 2.19. The quantitative estimate of drug-likeness (QED) is 0.573. The third kappa shape index (κ3) is 4.86. The molecule has 1 unspecified atom stereocenters. The van der Waals surface area contributed by atoms with E-state index in [9.17, 15) is 9.59 Å². The maximum absolute atomic E-state index is 12.6. The number of carbonyl (C=O) groups is 2. The van der Waals surface area contributed by atoms with Gasteiger partial charge in [-0.1, -0.05) is 43.8 Å². The Labute approximate surface area is 174 Å². The molecule has 2 amide bonds. The topological polar surface area (TPSA) is 90.0 Å². The molecule has 1 atom stereocenters. The standard InChI is InChI=1S/C22H24N4O2S/c1-14(2)18-6-4-5-7-19(18)26-13-12-24-22(26)29-15(3)21(28)25-17-10-8-16(9-11-17)20(23)27/h4-15H,1-3H3,(H2,23,27)(H,25,28). The molecule has 6 nitrogen and oxygen atoms in total.